The lowest BCUT2D eigenvalue weighted by atomic mass is 10.1. The summed E-state index contributed by atoms with van der Waals surface area (Å²) < 4.78 is 0. The lowest BCUT2D eigenvalue weighted by Crippen LogP contribution is -1.93. The van der Waals surface area contributed by atoms with Crippen LogP contribution in [0.3, 0.4) is 0 Å². The standard InChI is InChI=1S/C11H22O2.C5H10O2/c1-2-3-4-5-6-7-8-9-10-11(12)13;1-2-3-4-5(6)7/h2-10H2,1H3,(H,12,13);2-4H2,1H3,(H,6,7). The van der Waals surface area contributed by atoms with Crippen LogP contribution in [0.15, 0.2) is 0 Å². The van der Waals surface area contributed by atoms with E-state index >= 15 is 0 Å². The van der Waals surface area contributed by atoms with Gasteiger partial charge < -0.3 is 10.2 Å². The Morgan fingerprint density at radius 1 is 0.600 bits per heavy atom. The fraction of sp³-hybridized carbons (Fsp3) is 0.875. The van der Waals surface area contributed by atoms with Crippen LogP contribution >= 0.6 is 0 Å². The molecule has 0 aromatic rings. The van der Waals surface area contributed by atoms with Gasteiger partial charge in [-0.2, -0.15) is 0 Å². The topological polar surface area (TPSA) is 74.6 Å². The maximum atomic E-state index is 10.2. The second-order valence-electron chi connectivity index (χ2n) is 5.12. The van der Waals surface area contributed by atoms with E-state index in [0.29, 0.717) is 12.8 Å². The van der Waals surface area contributed by atoms with E-state index in [1.807, 2.05) is 6.92 Å². The third kappa shape index (κ3) is 25.7. The highest BCUT2D eigenvalue weighted by Gasteiger charge is 1.96. The fourth-order valence-corrected chi connectivity index (χ4v) is 1.74. The Bertz CT molecular complexity index is 227. The van der Waals surface area contributed by atoms with Gasteiger partial charge in [-0.05, 0) is 12.8 Å². The van der Waals surface area contributed by atoms with E-state index < -0.39 is 11.9 Å². The average molecular weight is 288 g/mol. The number of hydrogen-bond donors (Lipinski definition) is 2. The van der Waals surface area contributed by atoms with Crippen molar-refractivity contribution in [1.82, 2.24) is 0 Å². The third-order valence-corrected chi connectivity index (χ3v) is 2.99. The van der Waals surface area contributed by atoms with Crippen LogP contribution in [0.4, 0.5) is 0 Å². The van der Waals surface area contributed by atoms with Crippen molar-refractivity contribution in [3.8, 4) is 0 Å². The van der Waals surface area contributed by atoms with Crippen LogP contribution in [-0.2, 0) is 9.59 Å². The van der Waals surface area contributed by atoms with E-state index in [-0.39, 0.29) is 0 Å². The molecular weight excluding hydrogens is 256 g/mol. The molecule has 0 aliphatic heterocycles. The van der Waals surface area contributed by atoms with Crippen molar-refractivity contribution >= 4 is 11.9 Å². The largest absolute Gasteiger partial charge is 0.481 e. The number of carbonyl (C=O) groups is 2. The zero-order valence-electron chi connectivity index (χ0n) is 13.2. The van der Waals surface area contributed by atoms with Gasteiger partial charge in [-0.1, -0.05) is 65.2 Å². The molecule has 0 saturated carbocycles. The first-order valence-corrected chi connectivity index (χ1v) is 7.98. The number of aliphatic carboxylic acids is 2. The normalized spacial score (nSPS) is 9.70. The van der Waals surface area contributed by atoms with Gasteiger partial charge in [-0.15, -0.1) is 0 Å². The minimum absolute atomic E-state index is 0.316. The lowest BCUT2D eigenvalue weighted by molar-refractivity contribution is -0.138. The molecule has 0 fully saturated rings. The summed E-state index contributed by atoms with van der Waals surface area (Å²) in [5.74, 6) is -1.35. The minimum atomic E-state index is -0.693. The zero-order chi connectivity index (χ0) is 15.6. The minimum Gasteiger partial charge on any atom is -0.481 e. The molecule has 0 aliphatic carbocycles. The molecule has 0 spiro atoms. The van der Waals surface area contributed by atoms with Crippen LogP contribution in [0.25, 0.3) is 0 Å². The number of carboxylic acid groups (broad SMARTS) is 2. The van der Waals surface area contributed by atoms with E-state index in [0.717, 1.165) is 25.7 Å². The molecule has 120 valence electrons. The fourth-order valence-electron chi connectivity index (χ4n) is 1.74. The summed E-state index contributed by atoms with van der Waals surface area (Å²) in [7, 11) is 0. The van der Waals surface area contributed by atoms with E-state index in [1.54, 1.807) is 0 Å². The molecule has 0 amide bonds. The van der Waals surface area contributed by atoms with Crippen LogP contribution in [-0.4, -0.2) is 22.2 Å². The van der Waals surface area contributed by atoms with Gasteiger partial charge in [0.15, 0.2) is 0 Å². The highest BCUT2D eigenvalue weighted by molar-refractivity contribution is 5.66. The quantitative estimate of drug-likeness (QED) is 0.503. The first-order chi connectivity index (χ1) is 9.54. The molecule has 0 bridgehead atoms. The first kappa shape index (κ1) is 21.2. The highest BCUT2D eigenvalue weighted by atomic mass is 16.4. The second kappa shape index (κ2) is 17.9. The third-order valence-electron chi connectivity index (χ3n) is 2.99. The molecule has 0 aromatic carbocycles. The molecule has 0 heterocycles. The van der Waals surface area contributed by atoms with Crippen molar-refractivity contribution in [1.29, 1.82) is 0 Å². The van der Waals surface area contributed by atoms with Gasteiger partial charge in [0.1, 0.15) is 0 Å². The van der Waals surface area contributed by atoms with Gasteiger partial charge in [-0.25, -0.2) is 0 Å². The van der Waals surface area contributed by atoms with Crippen LogP contribution in [0.2, 0.25) is 0 Å². The molecule has 2 N–H and O–H groups in total. The molecule has 0 unspecified atom stereocenters. The molecule has 0 radical (unpaired) electrons. The summed E-state index contributed by atoms with van der Waals surface area (Å²) in [6, 6.07) is 0. The number of carboxylic acids is 2. The predicted molar refractivity (Wildman–Crippen MR) is 82.0 cm³/mol. The first-order valence-electron chi connectivity index (χ1n) is 7.98. The van der Waals surface area contributed by atoms with Gasteiger partial charge in [0.05, 0.1) is 0 Å². The molecule has 0 aliphatic rings. The number of hydrogen-bond acceptors (Lipinski definition) is 2. The van der Waals surface area contributed by atoms with E-state index in [2.05, 4.69) is 6.92 Å². The Kier molecular flexibility index (Phi) is 19.1. The van der Waals surface area contributed by atoms with Gasteiger partial charge in [0.25, 0.3) is 0 Å². The molecule has 0 rings (SSSR count). The predicted octanol–water partition coefficient (Wildman–Crippen LogP) is 4.86. The number of unbranched alkanes of at least 4 members (excludes halogenated alkanes) is 8. The highest BCUT2D eigenvalue weighted by Crippen LogP contribution is 2.09. The maximum absolute atomic E-state index is 10.2. The Morgan fingerprint density at radius 3 is 1.30 bits per heavy atom. The van der Waals surface area contributed by atoms with Crippen molar-refractivity contribution < 1.29 is 19.8 Å². The van der Waals surface area contributed by atoms with Gasteiger partial charge >= 0.3 is 11.9 Å². The van der Waals surface area contributed by atoms with Gasteiger partial charge in [0.2, 0.25) is 0 Å². The summed E-state index contributed by atoms with van der Waals surface area (Å²) in [6.45, 7) is 4.19. The Labute approximate surface area is 123 Å². The molecule has 0 saturated heterocycles. The molecule has 0 aromatic heterocycles. The SMILES string of the molecule is CCCCC(=O)O.CCCCCCCCCCC(=O)O. The van der Waals surface area contributed by atoms with Crippen LogP contribution in [0, 0.1) is 0 Å². The smallest absolute Gasteiger partial charge is 0.303 e. The van der Waals surface area contributed by atoms with Crippen LogP contribution in [0.1, 0.15) is 90.9 Å². The van der Waals surface area contributed by atoms with Crippen LogP contribution < -0.4 is 0 Å². The summed E-state index contributed by atoms with van der Waals surface area (Å²) in [4.78, 5) is 19.9. The monoisotopic (exact) mass is 288 g/mol. The zero-order valence-corrected chi connectivity index (χ0v) is 13.2. The van der Waals surface area contributed by atoms with Crippen LogP contribution in [0.5, 0.6) is 0 Å². The second-order valence-corrected chi connectivity index (χ2v) is 5.12. The summed E-state index contributed by atoms with van der Waals surface area (Å²) >= 11 is 0. The summed E-state index contributed by atoms with van der Waals surface area (Å²) in [5.41, 5.74) is 0. The molecule has 0 atom stereocenters. The summed E-state index contributed by atoms with van der Waals surface area (Å²) in [6.07, 6.45) is 12.1. The maximum Gasteiger partial charge on any atom is 0.303 e. The van der Waals surface area contributed by atoms with Crippen molar-refractivity contribution in [2.75, 3.05) is 0 Å². The Hall–Kier alpha value is -1.06. The van der Waals surface area contributed by atoms with Crippen molar-refractivity contribution in [3.63, 3.8) is 0 Å². The van der Waals surface area contributed by atoms with Crippen molar-refractivity contribution in [2.45, 2.75) is 90.9 Å². The van der Waals surface area contributed by atoms with E-state index in [9.17, 15) is 9.59 Å². The molecular formula is C16H32O4. The van der Waals surface area contributed by atoms with E-state index in [4.69, 9.17) is 10.2 Å². The van der Waals surface area contributed by atoms with Gasteiger partial charge in [-0.3, -0.25) is 9.59 Å². The summed E-state index contributed by atoms with van der Waals surface area (Å²) in [5, 5.41) is 16.4. The molecule has 4 heteroatoms. The average Bonchev–Trinajstić information content (AvgIpc) is 2.40. The lowest BCUT2D eigenvalue weighted by Gasteiger charge is -1.99. The Morgan fingerprint density at radius 2 is 0.950 bits per heavy atom. The molecule has 4 nitrogen and oxygen atoms in total. The Balaban J connectivity index is 0. The molecule has 20 heavy (non-hydrogen) atoms. The van der Waals surface area contributed by atoms with Crippen molar-refractivity contribution in [2.24, 2.45) is 0 Å². The van der Waals surface area contributed by atoms with Gasteiger partial charge in [0, 0.05) is 12.8 Å². The van der Waals surface area contributed by atoms with E-state index in [1.165, 1.54) is 38.5 Å². The van der Waals surface area contributed by atoms with Crippen molar-refractivity contribution in [3.05, 3.63) is 0 Å². The number of rotatable bonds is 12.